The molecule has 33 heavy (non-hydrogen) atoms. The van der Waals surface area contributed by atoms with Gasteiger partial charge in [0.05, 0.1) is 23.9 Å². The first kappa shape index (κ1) is 20.0. The molecule has 170 valence electrons. The van der Waals surface area contributed by atoms with E-state index in [2.05, 4.69) is 31.8 Å². The molecule has 9 heteroatoms. The maximum Gasteiger partial charge on any atom is 0.258 e. The predicted octanol–water partition coefficient (Wildman–Crippen LogP) is 2.52. The lowest BCUT2D eigenvalue weighted by Crippen LogP contribution is -2.61. The topological polar surface area (TPSA) is 89.2 Å². The Hall–Kier alpha value is -3.59. The third kappa shape index (κ3) is 3.31. The highest BCUT2D eigenvalue weighted by atomic mass is 16.5. The molecule has 2 aromatic heterocycles. The Labute approximate surface area is 191 Å². The lowest BCUT2D eigenvalue weighted by atomic mass is 9.85. The Morgan fingerprint density at radius 2 is 2.03 bits per heavy atom. The van der Waals surface area contributed by atoms with E-state index in [1.807, 2.05) is 44.7 Å². The van der Waals surface area contributed by atoms with Gasteiger partial charge in [0, 0.05) is 80.6 Å². The van der Waals surface area contributed by atoms with Crippen molar-refractivity contribution in [2.24, 2.45) is 20.0 Å². The zero-order valence-electron chi connectivity index (χ0n) is 19.0. The molecule has 0 spiro atoms. The quantitative estimate of drug-likeness (QED) is 0.502. The Morgan fingerprint density at radius 1 is 1.18 bits per heavy atom. The van der Waals surface area contributed by atoms with E-state index in [1.165, 1.54) is 0 Å². The van der Waals surface area contributed by atoms with Crippen LogP contribution in [0.25, 0.3) is 21.8 Å². The van der Waals surface area contributed by atoms with Crippen LogP contribution in [0.5, 0.6) is 5.75 Å². The Morgan fingerprint density at radius 3 is 2.79 bits per heavy atom. The zero-order chi connectivity index (χ0) is 22.7. The largest absolute Gasteiger partial charge is 0.494 e. The molecule has 9 nitrogen and oxygen atoms in total. The number of rotatable bonds is 4. The van der Waals surface area contributed by atoms with Crippen molar-refractivity contribution < 1.29 is 9.53 Å². The molecule has 2 aromatic carbocycles. The summed E-state index contributed by atoms with van der Waals surface area (Å²) >= 11 is 0. The van der Waals surface area contributed by atoms with E-state index in [1.54, 1.807) is 16.5 Å². The van der Waals surface area contributed by atoms with Gasteiger partial charge in [0.25, 0.3) is 5.91 Å². The van der Waals surface area contributed by atoms with Gasteiger partial charge in [-0.2, -0.15) is 10.2 Å². The number of nitrogens with one attached hydrogen (secondary N) is 2. The van der Waals surface area contributed by atoms with Crippen LogP contribution in [0.4, 0.5) is 11.4 Å². The molecule has 2 unspecified atom stereocenters. The minimum absolute atomic E-state index is 0.214. The smallest absolute Gasteiger partial charge is 0.258 e. The van der Waals surface area contributed by atoms with E-state index in [-0.39, 0.29) is 5.91 Å². The Balaban J connectivity index is 1.35. The molecule has 4 aromatic rings. The van der Waals surface area contributed by atoms with Crippen LogP contribution in [0.2, 0.25) is 0 Å². The first-order valence-corrected chi connectivity index (χ1v) is 11.3. The molecule has 2 aliphatic heterocycles. The number of aromatic nitrogens is 4. The van der Waals surface area contributed by atoms with Crippen molar-refractivity contribution in [3.63, 3.8) is 0 Å². The number of carbonyl (C=O) groups is 1. The summed E-state index contributed by atoms with van der Waals surface area (Å²) in [6, 6.07) is 8.33. The number of fused-ring (bicyclic) bond motifs is 3. The van der Waals surface area contributed by atoms with Crippen LogP contribution < -0.4 is 20.3 Å². The highest BCUT2D eigenvalue weighted by Crippen LogP contribution is 2.35. The summed E-state index contributed by atoms with van der Waals surface area (Å²) < 4.78 is 9.05. The minimum atomic E-state index is -0.214. The molecule has 0 radical (unpaired) electrons. The van der Waals surface area contributed by atoms with E-state index < -0.39 is 0 Å². The average molecular weight is 446 g/mol. The molecule has 0 saturated carbocycles. The van der Waals surface area contributed by atoms with Crippen LogP contribution >= 0.6 is 0 Å². The number of methoxy groups -OCH3 is 1. The summed E-state index contributed by atoms with van der Waals surface area (Å²) in [4.78, 5) is 15.8. The Bertz CT molecular complexity index is 1390. The molecule has 0 bridgehead atoms. The third-order valence-electron chi connectivity index (χ3n) is 6.92. The first-order valence-electron chi connectivity index (χ1n) is 11.3. The van der Waals surface area contributed by atoms with Crippen molar-refractivity contribution in [1.29, 1.82) is 0 Å². The number of aryl methyl sites for hydroxylation is 2. The lowest BCUT2D eigenvalue weighted by Gasteiger charge is -2.47. The van der Waals surface area contributed by atoms with Crippen molar-refractivity contribution >= 4 is 39.1 Å². The number of ether oxygens (including phenoxy) is 1. The molecule has 0 aliphatic carbocycles. The normalized spacial score (nSPS) is 20.0. The molecular weight excluding hydrogens is 418 g/mol. The fraction of sp³-hybridized carbons (Fsp3) is 0.375. The SMILES string of the molecule is COc1cc2nn(C)cc2cc1NC(=O)c1ccc(N2CCC3NCC3C2)c2cn(C)nc12. The number of carbonyl (C=O) groups excluding carboxylic acids is 1. The monoisotopic (exact) mass is 445 g/mol. The van der Waals surface area contributed by atoms with Gasteiger partial charge in [-0.1, -0.05) is 0 Å². The number of benzene rings is 2. The molecule has 2 atom stereocenters. The van der Waals surface area contributed by atoms with Crippen LogP contribution in [-0.4, -0.2) is 58.3 Å². The van der Waals surface area contributed by atoms with Crippen molar-refractivity contribution in [1.82, 2.24) is 24.9 Å². The summed E-state index contributed by atoms with van der Waals surface area (Å²) in [6.45, 7) is 3.13. The number of hydrogen-bond donors (Lipinski definition) is 2. The van der Waals surface area contributed by atoms with Gasteiger partial charge in [-0.05, 0) is 24.6 Å². The highest BCUT2D eigenvalue weighted by molar-refractivity contribution is 6.14. The lowest BCUT2D eigenvalue weighted by molar-refractivity contribution is 0.102. The molecule has 1 amide bonds. The zero-order valence-corrected chi connectivity index (χ0v) is 19.0. The van der Waals surface area contributed by atoms with Gasteiger partial charge in [-0.3, -0.25) is 14.2 Å². The maximum absolute atomic E-state index is 13.4. The van der Waals surface area contributed by atoms with Crippen molar-refractivity contribution in [3.05, 3.63) is 42.2 Å². The average Bonchev–Trinajstić information content (AvgIpc) is 3.34. The third-order valence-corrected chi connectivity index (χ3v) is 6.92. The fourth-order valence-electron chi connectivity index (χ4n) is 5.17. The van der Waals surface area contributed by atoms with Crippen LogP contribution in [0.1, 0.15) is 16.8 Å². The summed E-state index contributed by atoms with van der Waals surface area (Å²) in [5, 5.41) is 17.5. The van der Waals surface area contributed by atoms with Gasteiger partial charge in [-0.25, -0.2) is 0 Å². The van der Waals surface area contributed by atoms with Gasteiger partial charge in [0.2, 0.25) is 0 Å². The molecule has 6 rings (SSSR count). The molecule has 2 N–H and O–H groups in total. The molecule has 2 fully saturated rings. The van der Waals surface area contributed by atoms with E-state index in [9.17, 15) is 4.79 Å². The number of amides is 1. The predicted molar refractivity (Wildman–Crippen MR) is 128 cm³/mol. The second-order valence-electron chi connectivity index (χ2n) is 9.08. The van der Waals surface area contributed by atoms with E-state index >= 15 is 0 Å². The van der Waals surface area contributed by atoms with Crippen molar-refractivity contribution in [2.45, 2.75) is 12.5 Å². The second-order valence-corrected chi connectivity index (χ2v) is 9.08. The van der Waals surface area contributed by atoms with Crippen LogP contribution in [-0.2, 0) is 14.1 Å². The summed E-state index contributed by atoms with van der Waals surface area (Å²) in [5.41, 5.74) is 3.82. The number of piperidine rings is 1. The number of hydrogen-bond acceptors (Lipinski definition) is 6. The molecule has 2 aliphatic rings. The van der Waals surface area contributed by atoms with E-state index in [4.69, 9.17) is 4.74 Å². The van der Waals surface area contributed by atoms with Crippen molar-refractivity contribution in [3.8, 4) is 5.75 Å². The van der Waals surface area contributed by atoms with Crippen LogP contribution in [0.15, 0.2) is 36.7 Å². The van der Waals surface area contributed by atoms with Gasteiger partial charge in [-0.15, -0.1) is 0 Å². The molecule has 4 heterocycles. The Kier molecular flexibility index (Phi) is 4.55. The first-order chi connectivity index (χ1) is 16.0. The van der Waals surface area contributed by atoms with Gasteiger partial charge < -0.3 is 20.3 Å². The van der Waals surface area contributed by atoms with Gasteiger partial charge >= 0.3 is 0 Å². The van der Waals surface area contributed by atoms with Crippen LogP contribution in [0.3, 0.4) is 0 Å². The molecular formula is C24H27N7O2. The van der Waals surface area contributed by atoms with Crippen LogP contribution in [0, 0.1) is 5.92 Å². The summed E-state index contributed by atoms with van der Waals surface area (Å²) in [6.07, 6.45) is 5.07. The maximum atomic E-state index is 13.4. The summed E-state index contributed by atoms with van der Waals surface area (Å²) in [7, 11) is 5.35. The van der Waals surface area contributed by atoms with Gasteiger partial charge in [0.15, 0.2) is 0 Å². The van der Waals surface area contributed by atoms with Gasteiger partial charge in [0.1, 0.15) is 11.3 Å². The standard InChI is InChI=1S/C24H27N7O2/c1-29-11-14-8-20(22(33-3)9-19(14)27-29)26-24(32)16-4-5-21(17-13-30(2)28-23(16)17)31-7-6-18-15(12-31)10-25-18/h4-5,8-9,11,13,15,18,25H,6-7,10,12H2,1-3H3,(H,26,32). The summed E-state index contributed by atoms with van der Waals surface area (Å²) in [5.74, 6) is 1.05. The van der Waals surface area contributed by atoms with E-state index in [0.717, 1.165) is 48.0 Å². The fourth-order valence-corrected chi connectivity index (χ4v) is 5.17. The molecule has 2 saturated heterocycles. The number of anilines is 2. The van der Waals surface area contributed by atoms with Crippen molar-refractivity contribution in [2.75, 3.05) is 37.0 Å². The second kappa shape index (κ2) is 7.48. The van der Waals surface area contributed by atoms with E-state index in [0.29, 0.717) is 34.5 Å². The minimum Gasteiger partial charge on any atom is -0.494 e. The highest BCUT2D eigenvalue weighted by Gasteiger charge is 2.36. The number of nitrogens with zero attached hydrogens (tertiary/aromatic N) is 5.